The predicted molar refractivity (Wildman–Crippen MR) is 64.6 cm³/mol. The van der Waals surface area contributed by atoms with Gasteiger partial charge in [0, 0.05) is 5.56 Å². The molecule has 0 N–H and O–H groups in total. The van der Waals surface area contributed by atoms with Gasteiger partial charge in [0.25, 0.3) is 0 Å². The number of ketones is 1. The Balaban J connectivity index is 2.16. The van der Waals surface area contributed by atoms with Crippen LogP contribution in [-0.2, 0) is 13.5 Å². The number of hydrogen-bond donors (Lipinski definition) is 0. The van der Waals surface area contributed by atoms with Gasteiger partial charge in [-0.15, -0.1) is 10.2 Å². The normalized spacial score (nSPS) is 10.4. The minimum absolute atomic E-state index is 0.0336. The van der Waals surface area contributed by atoms with E-state index in [1.807, 2.05) is 6.92 Å². The number of aryl methyl sites for hydroxylation is 2. The van der Waals surface area contributed by atoms with Crippen molar-refractivity contribution in [2.24, 2.45) is 7.05 Å². The van der Waals surface area contributed by atoms with Crippen LogP contribution in [0.5, 0.6) is 5.75 Å². The Morgan fingerprint density at radius 1 is 1.44 bits per heavy atom. The molecule has 0 spiro atoms. The van der Waals surface area contributed by atoms with Crippen LogP contribution in [0.4, 0.5) is 0 Å². The fourth-order valence-electron chi connectivity index (χ4n) is 1.69. The van der Waals surface area contributed by atoms with Gasteiger partial charge in [-0.25, -0.2) is 0 Å². The number of ether oxygens (including phenoxy) is 1. The lowest BCUT2D eigenvalue weighted by Crippen LogP contribution is -2.06. The average Bonchev–Trinajstić information content (AvgIpc) is 2.74. The maximum Gasteiger partial charge on any atom is 0.182 e. The van der Waals surface area contributed by atoms with Gasteiger partial charge in [0.05, 0.1) is 20.6 Å². The summed E-state index contributed by atoms with van der Waals surface area (Å²) in [7, 11) is 3.27. The molecule has 2 aromatic rings. The summed E-state index contributed by atoms with van der Waals surface area (Å²) in [4.78, 5) is 13.4. The lowest BCUT2D eigenvalue weighted by atomic mass is 10.0. The first kappa shape index (κ1) is 12.2. The summed E-state index contributed by atoms with van der Waals surface area (Å²) in [5, 5.41) is 11.5. The van der Waals surface area contributed by atoms with Gasteiger partial charge in [0.1, 0.15) is 5.75 Å². The third kappa shape index (κ3) is 2.53. The van der Waals surface area contributed by atoms with Crippen LogP contribution >= 0.6 is 0 Å². The average molecular weight is 246 g/mol. The maximum absolute atomic E-state index is 12.0. The molecule has 0 aliphatic carbocycles. The molecule has 0 unspecified atom stereocenters. The van der Waals surface area contributed by atoms with Crippen molar-refractivity contribution in [1.82, 2.24) is 20.2 Å². The van der Waals surface area contributed by atoms with Crippen LogP contribution in [0.1, 0.15) is 21.7 Å². The Bertz CT molecular complexity index is 577. The van der Waals surface area contributed by atoms with Crippen LogP contribution in [0.25, 0.3) is 0 Å². The monoisotopic (exact) mass is 246 g/mol. The molecule has 18 heavy (non-hydrogen) atoms. The van der Waals surface area contributed by atoms with Gasteiger partial charge in [0.2, 0.25) is 0 Å². The molecule has 0 aliphatic heterocycles. The molecule has 1 aromatic heterocycles. The number of carbonyl (C=O) groups excluding carboxylic acids is 1. The summed E-state index contributed by atoms with van der Waals surface area (Å²) in [5.74, 6) is 1.16. The highest BCUT2D eigenvalue weighted by Crippen LogP contribution is 2.19. The number of benzene rings is 1. The summed E-state index contributed by atoms with van der Waals surface area (Å²) >= 11 is 0. The summed E-state index contributed by atoms with van der Waals surface area (Å²) in [6.07, 6.45) is 0.152. The molecule has 0 saturated heterocycles. The van der Waals surface area contributed by atoms with Crippen molar-refractivity contribution in [1.29, 1.82) is 0 Å². The van der Waals surface area contributed by atoms with Crippen LogP contribution in [0, 0.1) is 6.92 Å². The number of carbonyl (C=O) groups is 1. The maximum atomic E-state index is 12.0. The van der Waals surface area contributed by atoms with Crippen LogP contribution in [0.2, 0.25) is 0 Å². The van der Waals surface area contributed by atoms with Crippen LogP contribution in [0.3, 0.4) is 0 Å². The van der Waals surface area contributed by atoms with Crippen molar-refractivity contribution in [3.05, 3.63) is 35.2 Å². The molecule has 0 saturated carbocycles. The van der Waals surface area contributed by atoms with Gasteiger partial charge in [-0.2, -0.15) is 4.80 Å². The molecule has 2 rings (SSSR count). The first-order valence-corrected chi connectivity index (χ1v) is 5.51. The van der Waals surface area contributed by atoms with E-state index in [2.05, 4.69) is 15.4 Å². The fourth-order valence-corrected chi connectivity index (χ4v) is 1.69. The summed E-state index contributed by atoms with van der Waals surface area (Å²) in [5.41, 5.74) is 1.55. The lowest BCUT2D eigenvalue weighted by molar-refractivity contribution is 0.0990. The van der Waals surface area contributed by atoms with E-state index in [1.54, 1.807) is 32.4 Å². The molecule has 94 valence electrons. The highest BCUT2D eigenvalue weighted by atomic mass is 16.5. The third-order valence-electron chi connectivity index (χ3n) is 2.59. The molecule has 1 heterocycles. The van der Waals surface area contributed by atoms with E-state index >= 15 is 0 Å². The van der Waals surface area contributed by atoms with Crippen LogP contribution < -0.4 is 4.74 Å². The highest BCUT2D eigenvalue weighted by molar-refractivity contribution is 5.97. The minimum Gasteiger partial charge on any atom is -0.496 e. The van der Waals surface area contributed by atoms with Gasteiger partial charge in [-0.1, -0.05) is 0 Å². The molecule has 1 aromatic carbocycles. The minimum atomic E-state index is -0.0336. The van der Waals surface area contributed by atoms with Crippen molar-refractivity contribution >= 4 is 5.78 Å². The van der Waals surface area contributed by atoms with Gasteiger partial charge >= 0.3 is 0 Å². The van der Waals surface area contributed by atoms with Crippen molar-refractivity contribution in [2.45, 2.75) is 13.3 Å². The largest absolute Gasteiger partial charge is 0.496 e. The van der Waals surface area contributed by atoms with Crippen molar-refractivity contribution in [3.63, 3.8) is 0 Å². The first-order chi connectivity index (χ1) is 8.60. The zero-order valence-corrected chi connectivity index (χ0v) is 10.5. The van der Waals surface area contributed by atoms with Gasteiger partial charge in [-0.05, 0) is 35.9 Å². The summed E-state index contributed by atoms with van der Waals surface area (Å²) in [6.45, 7) is 1.90. The molecule has 0 aliphatic rings. The second-order valence-electron chi connectivity index (χ2n) is 3.98. The van der Waals surface area contributed by atoms with E-state index in [4.69, 9.17) is 4.74 Å². The number of hydrogen-bond acceptors (Lipinski definition) is 5. The number of aromatic nitrogens is 4. The summed E-state index contributed by atoms with van der Waals surface area (Å²) < 4.78 is 5.15. The second-order valence-corrected chi connectivity index (χ2v) is 3.98. The predicted octanol–water partition coefficient (Wildman–Crippen LogP) is 0.953. The van der Waals surface area contributed by atoms with Gasteiger partial charge in [0.15, 0.2) is 11.6 Å². The standard InChI is InChI=1S/C12H14N4O2/c1-8-6-9(4-5-11(8)18-3)10(17)7-12-13-15-16(2)14-12/h4-6H,7H2,1-3H3. The van der Waals surface area contributed by atoms with Crippen LogP contribution in [-0.4, -0.2) is 33.1 Å². The zero-order valence-electron chi connectivity index (χ0n) is 10.5. The first-order valence-electron chi connectivity index (χ1n) is 5.51. The Kier molecular flexibility index (Phi) is 3.36. The number of rotatable bonds is 4. The molecule has 0 amide bonds. The van der Waals surface area contributed by atoms with Crippen molar-refractivity contribution in [3.8, 4) is 5.75 Å². The number of Topliss-reactive ketones (excluding diaryl/α,β-unsaturated/α-hetero) is 1. The molecule has 6 heteroatoms. The Morgan fingerprint density at radius 3 is 2.78 bits per heavy atom. The van der Waals surface area contributed by atoms with Crippen LogP contribution in [0.15, 0.2) is 18.2 Å². The Morgan fingerprint density at radius 2 is 2.22 bits per heavy atom. The lowest BCUT2D eigenvalue weighted by Gasteiger charge is -2.05. The molecular formula is C12H14N4O2. The van der Waals surface area contributed by atoms with Gasteiger partial charge < -0.3 is 4.74 Å². The van der Waals surface area contributed by atoms with E-state index in [9.17, 15) is 4.79 Å². The number of methoxy groups -OCH3 is 1. The second kappa shape index (κ2) is 4.95. The van der Waals surface area contributed by atoms with E-state index in [-0.39, 0.29) is 12.2 Å². The molecule has 0 radical (unpaired) electrons. The molecule has 0 bridgehead atoms. The molecular weight excluding hydrogens is 232 g/mol. The topological polar surface area (TPSA) is 69.9 Å². The molecule has 6 nitrogen and oxygen atoms in total. The number of tetrazole rings is 1. The quantitative estimate of drug-likeness (QED) is 0.751. The van der Waals surface area contributed by atoms with Crippen molar-refractivity contribution in [2.75, 3.05) is 7.11 Å². The zero-order chi connectivity index (χ0) is 13.1. The highest BCUT2D eigenvalue weighted by Gasteiger charge is 2.12. The van der Waals surface area contributed by atoms with E-state index in [1.165, 1.54) is 4.80 Å². The third-order valence-corrected chi connectivity index (χ3v) is 2.59. The van der Waals surface area contributed by atoms with E-state index in [0.717, 1.165) is 11.3 Å². The Hall–Kier alpha value is -2.24. The molecule has 0 fully saturated rings. The van der Waals surface area contributed by atoms with E-state index < -0.39 is 0 Å². The molecule has 0 atom stereocenters. The Labute approximate surface area is 105 Å². The van der Waals surface area contributed by atoms with Gasteiger partial charge in [-0.3, -0.25) is 4.79 Å². The summed E-state index contributed by atoms with van der Waals surface area (Å²) in [6, 6.07) is 5.33. The number of nitrogens with zero attached hydrogens (tertiary/aromatic N) is 4. The SMILES string of the molecule is COc1ccc(C(=O)Cc2nnn(C)n2)cc1C. The van der Waals surface area contributed by atoms with E-state index in [0.29, 0.717) is 11.4 Å². The van der Waals surface area contributed by atoms with Crippen molar-refractivity contribution < 1.29 is 9.53 Å². The fraction of sp³-hybridized carbons (Fsp3) is 0.333. The smallest absolute Gasteiger partial charge is 0.182 e.